The van der Waals surface area contributed by atoms with Crippen molar-refractivity contribution in [1.82, 2.24) is 4.98 Å². The molecule has 4 rings (SSSR count). The van der Waals surface area contributed by atoms with Crippen LogP contribution in [-0.4, -0.2) is 10.7 Å². The first-order valence-electron chi connectivity index (χ1n) is 7.47. The monoisotopic (exact) mass is 307 g/mol. The van der Waals surface area contributed by atoms with Crippen molar-refractivity contribution in [2.24, 2.45) is 0 Å². The molecular formula is C19H17NOS. The highest BCUT2D eigenvalue weighted by Crippen LogP contribution is 2.41. The van der Waals surface area contributed by atoms with E-state index in [4.69, 9.17) is 4.74 Å². The van der Waals surface area contributed by atoms with Gasteiger partial charge in [0.15, 0.2) is 0 Å². The lowest BCUT2D eigenvalue weighted by Gasteiger charge is -2.14. The maximum absolute atomic E-state index is 5.86. The average molecular weight is 307 g/mol. The van der Waals surface area contributed by atoms with Gasteiger partial charge >= 0.3 is 0 Å². The predicted molar refractivity (Wildman–Crippen MR) is 93.4 cm³/mol. The van der Waals surface area contributed by atoms with Crippen molar-refractivity contribution in [1.29, 1.82) is 0 Å². The van der Waals surface area contributed by atoms with Gasteiger partial charge in [0, 0.05) is 27.1 Å². The third kappa shape index (κ3) is 2.42. The Hall–Kier alpha value is -2.13. The van der Waals surface area contributed by atoms with Crippen LogP contribution in [0.25, 0.3) is 16.5 Å². The second-order valence-electron chi connectivity index (χ2n) is 5.55. The van der Waals surface area contributed by atoms with Gasteiger partial charge in [0.1, 0.15) is 5.75 Å². The first-order chi connectivity index (χ1) is 10.8. The Kier molecular flexibility index (Phi) is 3.43. The summed E-state index contributed by atoms with van der Waals surface area (Å²) in [5.41, 5.74) is 4.89. The summed E-state index contributed by atoms with van der Waals surface area (Å²) in [6, 6.07) is 16.6. The Labute approximate surface area is 134 Å². The topological polar surface area (TPSA) is 25.0 Å². The minimum absolute atomic E-state index is 0.883. The maximum atomic E-state index is 5.86. The number of rotatable bonds is 2. The lowest BCUT2D eigenvalue weighted by atomic mass is 10.1. The Morgan fingerprint density at radius 1 is 1.09 bits per heavy atom. The largest absolute Gasteiger partial charge is 0.465 e. The van der Waals surface area contributed by atoms with Gasteiger partial charge in [-0.1, -0.05) is 35.9 Å². The Morgan fingerprint density at radius 3 is 2.77 bits per heavy atom. The molecule has 3 heteroatoms. The molecule has 2 nitrogen and oxygen atoms in total. The molecule has 0 saturated carbocycles. The molecule has 0 aliphatic carbocycles. The van der Waals surface area contributed by atoms with Gasteiger partial charge in [-0.15, -0.1) is 11.8 Å². The zero-order valence-corrected chi connectivity index (χ0v) is 13.2. The van der Waals surface area contributed by atoms with E-state index in [0.29, 0.717) is 0 Å². The van der Waals surface area contributed by atoms with Gasteiger partial charge in [0.25, 0.3) is 0 Å². The minimum Gasteiger partial charge on any atom is -0.465 e. The smallest absolute Gasteiger partial charge is 0.126 e. The lowest BCUT2D eigenvalue weighted by Crippen LogP contribution is -1.98. The number of aromatic nitrogens is 1. The van der Waals surface area contributed by atoms with Gasteiger partial charge in [-0.3, -0.25) is 0 Å². The number of allylic oxidation sites excluding steroid dienone is 1. The first kappa shape index (κ1) is 13.5. The second-order valence-corrected chi connectivity index (χ2v) is 6.65. The lowest BCUT2D eigenvalue weighted by molar-refractivity contribution is 0.481. The number of fused-ring (bicyclic) bond motifs is 3. The molecule has 2 aromatic carbocycles. The first-order valence-corrected chi connectivity index (χ1v) is 8.46. The van der Waals surface area contributed by atoms with Crippen LogP contribution in [0.1, 0.15) is 17.7 Å². The number of thioether (sulfide) groups is 1. The number of H-pyrrole nitrogens is 1. The zero-order chi connectivity index (χ0) is 14.9. The summed E-state index contributed by atoms with van der Waals surface area (Å²) in [6.07, 6.45) is 2.93. The third-order valence-electron chi connectivity index (χ3n) is 3.96. The molecule has 0 fully saturated rings. The Bertz CT molecular complexity index is 846. The fourth-order valence-electron chi connectivity index (χ4n) is 2.75. The zero-order valence-electron chi connectivity index (χ0n) is 12.4. The second kappa shape index (κ2) is 5.58. The van der Waals surface area contributed by atoms with E-state index in [1.54, 1.807) is 0 Å². The van der Waals surface area contributed by atoms with E-state index < -0.39 is 0 Å². The average Bonchev–Trinajstić information content (AvgIpc) is 2.94. The van der Waals surface area contributed by atoms with Crippen molar-refractivity contribution in [3.63, 3.8) is 0 Å². The highest BCUT2D eigenvalue weighted by atomic mass is 32.2. The highest BCUT2D eigenvalue weighted by molar-refractivity contribution is 7.99. The molecule has 1 aromatic heterocycles. The summed E-state index contributed by atoms with van der Waals surface area (Å²) >= 11 is 1.92. The number of hydrogen-bond donors (Lipinski definition) is 1. The highest BCUT2D eigenvalue weighted by Gasteiger charge is 2.20. The quantitative estimate of drug-likeness (QED) is 0.642. The molecule has 0 amide bonds. The van der Waals surface area contributed by atoms with Crippen molar-refractivity contribution < 1.29 is 4.74 Å². The van der Waals surface area contributed by atoms with Gasteiger partial charge in [0.2, 0.25) is 0 Å². The third-order valence-corrected chi connectivity index (χ3v) is 5.08. The molecule has 0 radical (unpaired) electrons. The van der Waals surface area contributed by atoms with Gasteiger partial charge in [-0.25, -0.2) is 0 Å². The summed E-state index contributed by atoms with van der Waals surface area (Å²) in [4.78, 5) is 4.89. The summed E-state index contributed by atoms with van der Waals surface area (Å²) < 4.78 is 5.86. The minimum atomic E-state index is 0.883. The number of aromatic amines is 1. The number of aryl methyl sites for hydroxylation is 1. The maximum Gasteiger partial charge on any atom is 0.126 e. The molecule has 0 bridgehead atoms. The standard InChI is InChI=1S/C19H17NOS/c1-13-6-8-15(9-7-13)21-12-14-10-11-22-19-16-4-2-3-5-17(16)20-18(14)19/h2-9,12,20H,10-11H2,1H3/b14-12+. The van der Waals surface area contributed by atoms with E-state index >= 15 is 0 Å². The molecule has 0 unspecified atom stereocenters. The van der Waals surface area contributed by atoms with Crippen molar-refractivity contribution in [2.75, 3.05) is 5.75 Å². The summed E-state index contributed by atoms with van der Waals surface area (Å²) in [6.45, 7) is 2.08. The molecule has 1 aliphatic rings. The molecule has 0 atom stereocenters. The van der Waals surface area contributed by atoms with E-state index in [-0.39, 0.29) is 0 Å². The molecule has 0 spiro atoms. The van der Waals surface area contributed by atoms with Crippen LogP contribution in [0.5, 0.6) is 5.75 Å². The van der Waals surface area contributed by atoms with Crippen molar-refractivity contribution in [2.45, 2.75) is 18.2 Å². The number of para-hydroxylation sites is 1. The number of benzene rings is 2. The molecule has 1 N–H and O–H groups in total. The van der Waals surface area contributed by atoms with Crippen LogP contribution in [0.3, 0.4) is 0 Å². The SMILES string of the molecule is Cc1ccc(O/C=C2\CCSc3c2[nH]c2ccccc32)cc1. The van der Waals surface area contributed by atoms with E-state index in [0.717, 1.165) is 17.9 Å². The molecule has 2 heterocycles. The van der Waals surface area contributed by atoms with E-state index in [2.05, 4.69) is 48.3 Å². The van der Waals surface area contributed by atoms with E-state index in [1.165, 1.54) is 32.6 Å². The number of hydrogen-bond acceptors (Lipinski definition) is 2. The van der Waals surface area contributed by atoms with Gasteiger partial charge in [0.05, 0.1) is 12.0 Å². The Morgan fingerprint density at radius 2 is 1.91 bits per heavy atom. The fourth-order valence-corrected chi connectivity index (χ4v) is 3.94. The molecule has 110 valence electrons. The predicted octanol–water partition coefficient (Wildman–Crippen LogP) is 5.39. The normalized spacial score (nSPS) is 16.0. The summed E-state index contributed by atoms with van der Waals surface area (Å²) in [7, 11) is 0. The number of ether oxygens (including phenoxy) is 1. The van der Waals surface area contributed by atoms with Crippen LogP contribution in [0.2, 0.25) is 0 Å². The Balaban J connectivity index is 1.69. The summed E-state index contributed by atoms with van der Waals surface area (Å²) in [5.74, 6) is 1.98. The van der Waals surface area contributed by atoms with Crippen LogP contribution >= 0.6 is 11.8 Å². The van der Waals surface area contributed by atoms with Crippen LogP contribution in [0, 0.1) is 6.92 Å². The number of nitrogens with one attached hydrogen (secondary N) is 1. The van der Waals surface area contributed by atoms with Crippen LogP contribution in [0.15, 0.2) is 59.7 Å². The van der Waals surface area contributed by atoms with Gasteiger partial charge < -0.3 is 9.72 Å². The van der Waals surface area contributed by atoms with Crippen molar-refractivity contribution >= 4 is 28.2 Å². The van der Waals surface area contributed by atoms with Crippen molar-refractivity contribution in [3.05, 3.63) is 66.1 Å². The van der Waals surface area contributed by atoms with Crippen molar-refractivity contribution in [3.8, 4) is 5.75 Å². The molecule has 3 aromatic rings. The van der Waals surface area contributed by atoms with Crippen LogP contribution < -0.4 is 4.74 Å². The van der Waals surface area contributed by atoms with Gasteiger partial charge in [-0.2, -0.15) is 0 Å². The van der Waals surface area contributed by atoms with Gasteiger partial charge in [-0.05, 0) is 31.5 Å². The molecule has 1 aliphatic heterocycles. The summed E-state index contributed by atoms with van der Waals surface area (Å²) in [5, 5.41) is 1.31. The molecule has 22 heavy (non-hydrogen) atoms. The molecular weight excluding hydrogens is 290 g/mol. The van der Waals surface area contributed by atoms with Crippen LogP contribution in [0.4, 0.5) is 0 Å². The molecule has 0 saturated heterocycles. The van der Waals surface area contributed by atoms with E-state index in [9.17, 15) is 0 Å². The van der Waals surface area contributed by atoms with Crippen LogP contribution in [-0.2, 0) is 0 Å². The van der Waals surface area contributed by atoms with E-state index in [1.807, 2.05) is 30.2 Å². The fraction of sp³-hybridized carbons (Fsp3) is 0.158.